The zero-order valence-corrected chi connectivity index (χ0v) is 14.8. The number of esters is 1. The summed E-state index contributed by atoms with van der Waals surface area (Å²) in [6, 6.07) is 10.3. The summed E-state index contributed by atoms with van der Waals surface area (Å²) in [5.74, 6) is 0.434. The van der Waals surface area contributed by atoms with Gasteiger partial charge in [-0.2, -0.15) is 8.42 Å². The SMILES string of the molecule is COC(=O)Cc1ccc(OS(=O)(=O)c2ccc(OC)c(OC)c2)cc1. The third-order valence-electron chi connectivity index (χ3n) is 3.35. The van der Waals surface area contributed by atoms with Crippen molar-refractivity contribution in [1.29, 1.82) is 0 Å². The van der Waals surface area contributed by atoms with Gasteiger partial charge in [0.15, 0.2) is 11.5 Å². The summed E-state index contributed by atoms with van der Waals surface area (Å²) < 4.78 is 44.6. The number of rotatable bonds is 7. The highest BCUT2D eigenvalue weighted by Gasteiger charge is 2.19. The van der Waals surface area contributed by atoms with Crippen LogP contribution in [0.3, 0.4) is 0 Å². The minimum atomic E-state index is -4.04. The van der Waals surface area contributed by atoms with Gasteiger partial charge in [0, 0.05) is 6.07 Å². The monoisotopic (exact) mass is 366 g/mol. The Morgan fingerprint density at radius 3 is 2.12 bits per heavy atom. The fourth-order valence-corrected chi connectivity index (χ4v) is 3.00. The van der Waals surface area contributed by atoms with Gasteiger partial charge in [-0.3, -0.25) is 4.79 Å². The second-order valence-corrected chi connectivity index (χ2v) is 6.50. The lowest BCUT2D eigenvalue weighted by molar-refractivity contribution is -0.139. The van der Waals surface area contributed by atoms with Crippen LogP contribution in [0.5, 0.6) is 17.2 Å². The number of carbonyl (C=O) groups excluding carboxylic acids is 1. The molecule has 0 heterocycles. The Labute approximate surface area is 146 Å². The van der Waals surface area contributed by atoms with Crippen LogP contribution in [0.25, 0.3) is 0 Å². The molecule has 0 atom stereocenters. The number of carbonyl (C=O) groups is 1. The van der Waals surface area contributed by atoms with Crippen LogP contribution < -0.4 is 13.7 Å². The van der Waals surface area contributed by atoms with Gasteiger partial charge >= 0.3 is 16.1 Å². The minimum absolute atomic E-state index is 0.0659. The molecule has 0 bridgehead atoms. The Bertz CT molecular complexity index is 842. The molecule has 0 amide bonds. The molecule has 0 aliphatic rings. The molecule has 25 heavy (non-hydrogen) atoms. The molecule has 7 nitrogen and oxygen atoms in total. The Kier molecular flexibility index (Phi) is 5.87. The molecule has 0 N–H and O–H groups in total. The average molecular weight is 366 g/mol. The molecule has 0 saturated heterocycles. The molecule has 8 heteroatoms. The average Bonchev–Trinajstić information content (AvgIpc) is 2.62. The van der Waals surface area contributed by atoms with Gasteiger partial charge in [-0.1, -0.05) is 12.1 Å². The Morgan fingerprint density at radius 1 is 0.920 bits per heavy atom. The standard InChI is InChI=1S/C17H18O7S/c1-21-15-9-8-14(11-16(15)22-2)25(19,20)24-13-6-4-12(5-7-13)10-17(18)23-3/h4-9,11H,10H2,1-3H3. The van der Waals surface area contributed by atoms with Crippen LogP contribution in [0.4, 0.5) is 0 Å². The maximum atomic E-state index is 12.4. The first-order valence-electron chi connectivity index (χ1n) is 7.22. The molecular weight excluding hydrogens is 348 g/mol. The van der Waals surface area contributed by atoms with Crippen molar-refractivity contribution in [3.63, 3.8) is 0 Å². The molecule has 0 aliphatic carbocycles. The molecular formula is C17H18O7S. The summed E-state index contributed by atoms with van der Waals surface area (Å²) in [6.45, 7) is 0. The quantitative estimate of drug-likeness (QED) is 0.548. The summed E-state index contributed by atoms with van der Waals surface area (Å²) in [5, 5.41) is 0. The van der Waals surface area contributed by atoms with Crippen molar-refractivity contribution < 1.29 is 31.6 Å². The number of ether oxygens (including phenoxy) is 3. The fraction of sp³-hybridized carbons (Fsp3) is 0.235. The van der Waals surface area contributed by atoms with Gasteiger partial charge in [0.2, 0.25) is 0 Å². The number of methoxy groups -OCH3 is 3. The second kappa shape index (κ2) is 7.89. The number of benzene rings is 2. The molecule has 0 aromatic heterocycles. The minimum Gasteiger partial charge on any atom is -0.493 e. The van der Waals surface area contributed by atoms with Crippen molar-refractivity contribution in [1.82, 2.24) is 0 Å². The second-order valence-electron chi connectivity index (χ2n) is 4.95. The molecule has 0 aliphatic heterocycles. The fourth-order valence-electron chi connectivity index (χ4n) is 2.05. The molecule has 0 radical (unpaired) electrons. The third-order valence-corrected chi connectivity index (χ3v) is 4.59. The van der Waals surface area contributed by atoms with E-state index in [4.69, 9.17) is 13.7 Å². The van der Waals surface area contributed by atoms with E-state index in [1.807, 2.05) is 0 Å². The van der Waals surface area contributed by atoms with E-state index in [-0.39, 0.29) is 28.8 Å². The van der Waals surface area contributed by atoms with Gasteiger partial charge < -0.3 is 18.4 Å². The van der Waals surface area contributed by atoms with E-state index < -0.39 is 10.1 Å². The van der Waals surface area contributed by atoms with E-state index in [1.165, 1.54) is 51.7 Å². The van der Waals surface area contributed by atoms with Gasteiger partial charge in [0.25, 0.3) is 0 Å². The lowest BCUT2D eigenvalue weighted by Gasteiger charge is -2.11. The van der Waals surface area contributed by atoms with Crippen molar-refractivity contribution in [2.24, 2.45) is 0 Å². The van der Waals surface area contributed by atoms with Gasteiger partial charge in [-0.05, 0) is 29.8 Å². The van der Waals surface area contributed by atoms with Crippen LogP contribution in [-0.4, -0.2) is 35.7 Å². The lowest BCUT2D eigenvalue weighted by atomic mass is 10.1. The summed E-state index contributed by atoms with van der Waals surface area (Å²) >= 11 is 0. The first kappa shape index (κ1) is 18.6. The summed E-state index contributed by atoms with van der Waals surface area (Å²) in [5.41, 5.74) is 0.683. The smallest absolute Gasteiger partial charge is 0.339 e. The van der Waals surface area contributed by atoms with E-state index in [1.54, 1.807) is 12.1 Å². The highest BCUT2D eigenvalue weighted by molar-refractivity contribution is 7.87. The van der Waals surface area contributed by atoms with Crippen molar-refractivity contribution in [2.45, 2.75) is 11.3 Å². The van der Waals surface area contributed by atoms with Crippen LogP contribution in [-0.2, 0) is 26.1 Å². The van der Waals surface area contributed by atoms with Crippen LogP contribution in [0, 0.1) is 0 Å². The molecule has 0 saturated carbocycles. The van der Waals surface area contributed by atoms with Crippen LogP contribution >= 0.6 is 0 Å². The Hall–Kier alpha value is -2.74. The van der Waals surface area contributed by atoms with Crippen LogP contribution in [0.15, 0.2) is 47.4 Å². The predicted octanol–water partition coefficient (Wildman–Crippen LogP) is 2.19. The van der Waals surface area contributed by atoms with E-state index in [2.05, 4.69) is 4.74 Å². The van der Waals surface area contributed by atoms with Crippen molar-refractivity contribution in [3.05, 3.63) is 48.0 Å². The van der Waals surface area contributed by atoms with E-state index in [0.717, 1.165) is 0 Å². The lowest BCUT2D eigenvalue weighted by Crippen LogP contribution is -2.10. The van der Waals surface area contributed by atoms with Gasteiger partial charge in [0.05, 0.1) is 27.8 Å². The number of hydrogen-bond donors (Lipinski definition) is 0. The first-order chi connectivity index (χ1) is 11.9. The molecule has 0 fully saturated rings. The first-order valence-corrected chi connectivity index (χ1v) is 8.62. The van der Waals surface area contributed by atoms with Gasteiger partial charge in [0.1, 0.15) is 10.6 Å². The molecule has 2 aromatic carbocycles. The Balaban J connectivity index is 2.19. The van der Waals surface area contributed by atoms with Crippen LogP contribution in [0.2, 0.25) is 0 Å². The molecule has 2 aromatic rings. The Morgan fingerprint density at radius 2 is 1.56 bits per heavy atom. The van der Waals surface area contributed by atoms with Crippen molar-refractivity contribution in [2.75, 3.05) is 21.3 Å². The summed E-state index contributed by atoms with van der Waals surface area (Å²) in [7, 11) is 0.131. The largest absolute Gasteiger partial charge is 0.493 e. The highest BCUT2D eigenvalue weighted by Crippen LogP contribution is 2.30. The number of hydrogen-bond acceptors (Lipinski definition) is 7. The highest BCUT2D eigenvalue weighted by atomic mass is 32.2. The van der Waals surface area contributed by atoms with Gasteiger partial charge in [-0.15, -0.1) is 0 Å². The molecule has 0 unspecified atom stereocenters. The maximum Gasteiger partial charge on any atom is 0.339 e. The predicted molar refractivity (Wildman–Crippen MR) is 89.5 cm³/mol. The zero-order chi connectivity index (χ0) is 18.4. The summed E-state index contributed by atoms with van der Waals surface area (Å²) in [6.07, 6.45) is 0.0964. The van der Waals surface area contributed by atoms with E-state index in [9.17, 15) is 13.2 Å². The van der Waals surface area contributed by atoms with Crippen molar-refractivity contribution in [3.8, 4) is 17.2 Å². The third kappa shape index (κ3) is 4.63. The van der Waals surface area contributed by atoms with E-state index >= 15 is 0 Å². The summed E-state index contributed by atoms with van der Waals surface area (Å²) in [4.78, 5) is 11.2. The van der Waals surface area contributed by atoms with Crippen LogP contribution in [0.1, 0.15) is 5.56 Å². The normalized spacial score (nSPS) is 10.8. The molecule has 134 valence electrons. The maximum absolute atomic E-state index is 12.4. The zero-order valence-electron chi connectivity index (χ0n) is 14.0. The molecule has 2 rings (SSSR count). The topological polar surface area (TPSA) is 88.1 Å². The van der Waals surface area contributed by atoms with Gasteiger partial charge in [-0.25, -0.2) is 0 Å². The van der Waals surface area contributed by atoms with Crippen molar-refractivity contribution >= 4 is 16.1 Å². The van der Waals surface area contributed by atoms with E-state index in [0.29, 0.717) is 11.3 Å². The molecule has 0 spiro atoms.